The van der Waals surface area contributed by atoms with Gasteiger partial charge in [-0.05, 0) is 12.1 Å². The predicted molar refractivity (Wildman–Crippen MR) is 85.2 cm³/mol. The van der Waals surface area contributed by atoms with Crippen LogP contribution in [0, 0.1) is 11.8 Å². The van der Waals surface area contributed by atoms with Crippen molar-refractivity contribution in [2.75, 3.05) is 11.9 Å². The van der Waals surface area contributed by atoms with Gasteiger partial charge in [-0.2, -0.15) is 5.10 Å². The molecule has 1 aromatic heterocycles. The number of aliphatic hydroxyl groups is 2. The molecule has 126 valence electrons. The van der Waals surface area contributed by atoms with Crippen LogP contribution in [0.2, 0.25) is 0 Å². The van der Waals surface area contributed by atoms with Crippen LogP contribution in [0.1, 0.15) is 12.0 Å². The van der Waals surface area contributed by atoms with E-state index in [1.54, 1.807) is 6.20 Å². The highest BCUT2D eigenvalue weighted by atomic mass is 16.3. The number of rotatable bonds is 5. The lowest BCUT2D eigenvalue weighted by atomic mass is 10.2. The summed E-state index contributed by atoms with van der Waals surface area (Å²) in [6.45, 7) is -0.0928. The van der Waals surface area contributed by atoms with Crippen molar-refractivity contribution in [1.29, 1.82) is 0 Å². The maximum Gasteiger partial charge on any atom is 0.255 e. The molecule has 24 heavy (non-hydrogen) atoms. The van der Waals surface area contributed by atoms with E-state index >= 15 is 0 Å². The van der Waals surface area contributed by atoms with Crippen LogP contribution >= 0.6 is 0 Å². The van der Waals surface area contributed by atoms with Gasteiger partial charge in [-0.1, -0.05) is 11.8 Å². The number of aromatic nitrogens is 2. The zero-order valence-electron chi connectivity index (χ0n) is 12.7. The van der Waals surface area contributed by atoms with Crippen LogP contribution in [0.25, 0.3) is 0 Å². The number of carbonyl (C=O) groups excluding carboxylic acids is 1. The molecule has 0 aliphatic carbocycles. The molecule has 1 atom stereocenters. The predicted octanol–water partition coefficient (Wildman–Crippen LogP) is 0.0278. The van der Waals surface area contributed by atoms with Crippen molar-refractivity contribution >= 4 is 11.6 Å². The molecule has 0 saturated carbocycles. The lowest BCUT2D eigenvalue weighted by Gasteiger charge is -2.12. The Morgan fingerprint density at radius 3 is 2.83 bits per heavy atom. The fraction of sp³-hybridized carbons (Fsp3) is 0.250. The Morgan fingerprint density at radius 1 is 1.33 bits per heavy atom. The number of hydrogen-bond donors (Lipinski definition) is 5. The van der Waals surface area contributed by atoms with Gasteiger partial charge in [0.2, 0.25) is 0 Å². The Labute approximate surface area is 138 Å². The number of phenolic OH excluding ortho intramolecular Hbond substituents is 2. The number of aliphatic hydroxyl groups excluding tert-OH is 2. The average molecular weight is 331 g/mol. The molecule has 5 N–H and O–H groups in total. The van der Waals surface area contributed by atoms with Gasteiger partial charge < -0.3 is 25.7 Å². The van der Waals surface area contributed by atoms with Crippen molar-refractivity contribution in [1.82, 2.24) is 9.78 Å². The van der Waals surface area contributed by atoms with Crippen LogP contribution in [0.15, 0.2) is 30.6 Å². The molecule has 0 unspecified atom stereocenters. The molecule has 0 bridgehead atoms. The molecule has 0 radical (unpaired) electrons. The molecular formula is C16H17N3O5. The Hall–Kier alpha value is -3.02. The van der Waals surface area contributed by atoms with E-state index < -0.39 is 12.0 Å². The van der Waals surface area contributed by atoms with E-state index in [0.29, 0.717) is 12.0 Å². The standard InChI is InChI=1S/C16H17N3O5/c20-6-2-1-3-11-8-17-19(9-11)10-15(23)16(24)18-12-4-5-13(21)14(22)7-12/h4-5,7-9,15,20-23H,2,6,10H2,(H,18,24)/t15-/m0/s1. The maximum atomic E-state index is 11.9. The summed E-state index contributed by atoms with van der Waals surface area (Å²) in [5.74, 6) is 4.18. The Bertz CT molecular complexity index is 776. The molecule has 1 heterocycles. The lowest BCUT2D eigenvalue weighted by molar-refractivity contribution is -0.124. The molecule has 2 aromatic rings. The summed E-state index contributed by atoms with van der Waals surface area (Å²) >= 11 is 0. The van der Waals surface area contributed by atoms with Gasteiger partial charge in [0.25, 0.3) is 5.91 Å². The summed E-state index contributed by atoms with van der Waals surface area (Å²) in [7, 11) is 0. The highest BCUT2D eigenvalue weighted by molar-refractivity contribution is 5.94. The van der Waals surface area contributed by atoms with Crippen molar-refractivity contribution in [3.8, 4) is 23.3 Å². The minimum Gasteiger partial charge on any atom is -0.504 e. The average Bonchev–Trinajstić information content (AvgIpc) is 2.98. The van der Waals surface area contributed by atoms with Gasteiger partial charge in [-0.15, -0.1) is 0 Å². The highest BCUT2D eigenvalue weighted by Gasteiger charge is 2.17. The highest BCUT2D eigenvalue weighted by Crippen LogP contribution is 2.27. The molecule has 1 aromatic carbocycles. The minimum atomic E-state index is -1.36. The molecule has 0 fully saturated rings. The van der Waals surface area contributed by atoms with Crippen LogP contribution in [0.5, 0.6) is 11.5 Å². The van der Waals surface area contributed by atoms with Crippen molar-refractivity contribution in [3.05, 3.63) is 36.2 Å². The van der Waals surface area contributed by atoms with Crippen LogP contribution in [0.4, 0.5) is 5.69 Å². The van der Waals surface area contributed by atoms with Gasteiger partial charge >= 0.3 is 0 Å². The summed E-state index contributed by atoms with van der Waals surface area (Å²) in [4.78, 5) is 11.9. The van der Waals surface area contributed by atoms with Gasteiger partial charge in [0.05, 0.1) is 24.9 Å². The smallest absolute Gasteiger partial charge is 0.255 e. The minimum absolute atomic E-state index is 0.0210. The first kappa shape index (κ1) is 17.3. The van der Waals surface area contributed by atoms with Crippen LogP contribution < -0.4 is 5.32 Å². The molecule has 8 heteroatoms. The largest absolute Gasteiger partial charge is 0.504 e. The lowest BCUT2D eigenvalue weighted by Crippen LogP contribution is -2.31. The van der Waals surface area contributed by atoms with Crippen LogP contribution in [-0.2, 0) is 11.3 Å². The summed E-state index contributed by atoms with van der Waals surface area (Å²) in [5, 5.41) is 43.6. The van der Waals surface area contributed by atoms with E-state index in [0.717, 1.165) is 0 Å². The molecule has 0 aliphatic heterocycles. The van der Waals surface area contributed by atoms with E-state index in [1.165, 1.54) is 29.1 Å². The molecule has 0 aliphatic rings. The van der Waals surface area contributed by atoms with Crippen molar-refractivity contribution in [3.63, 3.8) is 0 Å². The van der Waals surface area contributed by atoms with Gasteiger partial charge in [0, 0.05) is 24.4 Å². The number of nitrogens with zero attached hydrogens (tertiary/aromatic N) is 2. The third-order valence-corrected chi connectivity index (χ3v) is 3.01. The second-order valence-electron chi connectivity index (χ2n) is 4.93. The molecule has 2 rings (SSSR count). The first-order valence-corrected chi connectivity index (χ1v) is 7.12. The van der Waals surface area contributed by atoms with Crippen molar-refractivity contribution in [2.45, 2.75) is 19.1 Å². The van der Waals surface area contributed by atoms with E-state index in [1.807, 2.05) is 0 Å². The summed E-state index contributed by atoms with van der Waals surface area (Å²) in [6, 6.07) is 3.79. The molecule has 0 saturated heterocycles. The van der Waals surface area contributed by atoms with E-state index in [-0.39, 0.29) is 30.3 Å². The third kappa shape index (κ3) is 4.74. The number of anilines is 1. The van der Waals surface area contributed by atoms with E-state index in [9.17, 15) is 20.1 Å². The zero-order valence-corrected chi connectivity index (χ0v) is 12.7. The zero-order chi connectivity index (χ0) is 17.5. The summed E-state index contributed by atoms with van der Waals surface area (Å²) in [5.41, 5.74) is 0.852. The number of amides is 1. The Balaban J connectivity index is 1.94. The first-order chi connectivity index (χ1) is 11.5. The van der Waals surface area contributed by atoms with Crippen molar-refractivity contribution < 1.29 is 25.2 Å². The number of carbonyl (C=O) groups is 1. The second kappa shape index (κ2) is 8.01. The molecule has 0 spiro atoms. The van der Waals surface area contributed by atoms with Gasteiger partial charge in [0.1, 0.15) is 0 Å². The SMILES string of the molecule is O=C(Nc1ccc(O)c(O)c1)[C@@H](O)Cn1cc(C#CCCO)cn1. The topological polar surface area (TPSA) is 128 Å². The normalized spacial score (nSPS) is 11.4. The maximum absolute atomic E-state index is 11.9. The number of phenols is 2. The number of aromatic hydroxyl groups is 2. The van der Waals surface area contributed by atoms with Crippen LogP contribution in [0.3, 0.4) is 0 Å². The summed E-state index contributed by atoms with van der Waals surface area (Å²) in [6.07, 6.45) is 2.06. The number of hydrogen-bond acceptors (Lipinski definition) is 6. The molecule has 8 nitrogen and oxygen atoms in total. The van der Waals surface area contributed by atoms with E-state index in [2.05, 4.69) is 22.3 Å². The fourth-order valence-corrected chi connectivity index (χ4v) is 1.84. The van der Waals surface area contributed by atoms with Gasteiger partial charge in [-0.3, -0.25) is 9.48 Å². The van der Waals surface area contributed by atoms with E-state index in [4.69, 9.17) is 5.11 Å². The van der Waals surface area contributed by atoms with Gasteiger partial charge in [-0.25, -0.2) is 0 Å². The fourth-order valence-electron chi connectivity index (χ4n) is 1.84. The number of nitrogens with one attached hydrogen (secondary N) is 1. The summed E-state index contributed by atoms with van der Waals surface area (Å²) < 4.78 is 1.38. The Kier molecular flexibility index (Phi) is 5.78. The molecule has 1 amide bonds. The van der Waals surface area contributed by atoms with Gasteiger partial charge in [0.15, 0.2) is 17.6 Å². The quantitative estimate of drug-likeness (QED) is 0.299. The molecular weight excluding hydrogens is 314 g/mol. The first-order valence-electron chi connectivity index (χ1n) is 7.12. The second-order valence-corrected chi connectivity index (χ2v) is 4.93. The Morgan fingerprint density at radius 2 is 2.12 bits per heavy atom. The van der Waals surface area contributed by atoms with Crippen LogP contribution in [-0.4, -0.2) is 48.8 Å². The number of benzene rings is 1. The van der Waals surface area contributed by atoms with Crippen molar-refractivity contribution in [2.24, 2.45) is 0 Å². The monoisotopic (exact) mass is 331 g/mol. The third-order valence-electron chi connectivity index (χ3n) is 3.01.